The first-order valence-corrected chi connectivity index (χ1v) is 11.5. The number of carbonyl (C=O) groups is 2. The van der Waals surface area contributed by atoms with Crippen molar-refractivity contribution < 1.29 is 24.2 Å². The Balaban J connectivity index is 1.62. The summed E-state index contributed by atoms with van der Waals surface area (Å²) in [5.74, 6) is -0.605. The van der Waals surface area contributed by atoms with E-state index in [1.54, 1.807) is 13.8 Å². The van der Waals surface area contributed by atoms with Crippen LogP contribution in [0.25, 0.3) is 11.1 Å². The Morgan fingerprint density at radius 1 is 1.09 bits per heavy atom. The molecule has 3 rings (SSSR count). The summed E-state index contributed by atoms with van der Waals surface area (Å²) < 4.78 is 11.1. The van der Waals surface area contributed by atoms with Gasteiger partial charge in [-0.3, -0.25) is 4.79 Å². The lowest BCUT2D eigenvalue weighted by molar-refractivity contribution is -0.149. The van der Waals surface area contributed by atoms with Crippen molar-refractivity contribution >= 4 is 11.9 Å². The van der Waals surface area contributed by atoms with Crippen LogP contribution in [-0.2, 0) is 25.6 Å². The van der Waals surface area contributed by atoms with Gasteiger partial charge >= 0.3 is 5.97 Å². The maximum atomic E-state index is 12.9. The molecule has 0 aliphatic heterocycles. The molecule has 0 aromatic heterocycles. The SMILES string of the molecule is CO[C@@H](CC1C=C(OC(C)(C)C(=O)NCc2cccc(-c3ccccc3)c2)C=CC1C)C(=O)O. The van der Waals surface area contributed by atoms with Crippen molar-refractivity contribution in [2.24, 2.45) is 11.8 Å². The van der Waals surface area contributed by atoms with Crippen molar-refractivity contribution in [3.8, 4) is 11.1 Å². The van der Waals surface area contributed by atoms with Gasteiger partial charge in [0, 0.05) is 13.7 Å². The van der Waals surface area contributed by atoms with Gasteiger partial charge in [0.2, 0.25) is 0 Å². The molecule has 0 fully saturated rings. The number of aliphatic carboxylic acids is 1. The largest absolute Gasteiger partial charge is 0.479 e. The van der Waals surface area contributed by atoms with Gasteiger partial charge in [-0.15, -0.1) is 0 Å². The zero-order chi connectivity index (χ0) is 24.7. The van der Waals surface area contributed by atoms with Gasteiger partial charge in [-0.1, -0.05) is 61.5 Å². The third-order valence-electron chi connectivity index (χ3n) is 6.07. The average molecular weight is 464 g/mol. The molecule has 0 radical (unpaired) electrons. The molecule has 180 valence electrons. The molecule has 0 heterocycles. The molecule has 0 saturated carbocycles. The molecular weight excluding hydrogens is 430 g/mol. The highest BCUT2D eigenvalue weighted by Gasteiger charge is 2.32. The summed E-state index contributed by atoms with van der Waals surface area (Å²) in [7, 11) is 1.40. The highest BCUT2D eigenvalue weighted by Crippen LogP contribution is 2.30. The van der Waals surface area contributed by atoms with Crippen LogP contribution in [0.15, 0.2) is 78.6 Å². The predicted octanol–water partition coefficient (Wildman–Crippen LogP) is 4.96. The fourth-order valence-corrected chi connectivity index (χ4v) is 3.93. The second kappa shape index (κ2) is 11.2. The van der Waals surface area contributed by atoms with Crippen LogP contribution in [0.3, 0.4) is 0 Å². The van der Waals surface area contributed by atoms with Gasteiger partial charge in [0.25, 0.3) is 5.91 Å². The lowest BCUT2D eigenvalue weighted by Gasteiger charge is -2.30. The number of methoxy groups -OCH3 is 1. The predicted molar refractivity (Wildman–Crippen MR) is 132 cm³/mol. The smallest absolute Gasteiger partial charge is 0.332 e. The van der Waals surface area contributed by atoms with Crippen molar-refractivity contribution in [2.45, 2.75) is 45.4 Å². The summed E-state index contributed by atoms with van der Waals surface area (Å²) in [6, 6.07) is 18.2. The number of nitrogens with one attached hydrogen (secondary N) is 1. The minimum atomic E-state index is -1.11. The van der Waals surface area contributed by atoms with Gasteiger partial charge < -0.3 is 19.9 Å². The van der Waals surface area contributed by atoms with Crippen molar-refractivity contribution in [2.75, 3.05) is 7.11 Å². The Hall–Kier alpha value is -3.38. The standard InChI is InChI=1S/C28H33NO5/c1-19-13-14-24(16-23(19)17-25(33-4)26(30)31)34-28(2,3)27(32)29-18-20-9-8-12-22(15-20)21-10-6-5-7-11-21/h5-16,19,23,25H,17-18H2,1-4H3,(H,29,32)(H,30,31)/t19?,23?,25-/m0/s1. The molecule has 0 bridgehead atoms. The van der Waals surface area contributed by atoms with E-state index >= 15 is 0 Å². The summed E-state index contributed by atoms with van der Waals surface area (Å²) in [5.41, 5.74) is 2.11. The van der Waals surface area contributed by atoms with E-state index in [1.807, 2.05) is 61.5 Å². The van der Waals surface area contributed by atoms with Crippen LogP contribution in [0.4, 0.5) is 0 Å². The molecule has 2 N–H and O–H groups in total. The van der Waals surface area contributed by atoms with Gasteiger partial charge in [0.05, 0.1) is 0 Å². The van der Waals surface area contributed by atoms with Crippen molar-refractivity contribution in [3.63, 3.8) is 0 Å². The number of hydrogen-bond donors (Lipinski definition) is 2. The van der Waals surface area contributed by atoms with E-state index in [-0.39, 0.29) is 17.7 Å². The van der Waals surface area contributed by atoms with Crippen LogP contribution in [0.1, 0.15) is 32.8 Å². The molecule has 1 aliphatic carbocycles. The van der Waals surface area contributed by atoms with E-state index < -0.39 is 17.7 Å². The number of hydrogen-bond acceptors (Lipinski definition) is 4. The van der Waals surface area contributed by atoms with Gasteiger partial charge in [-0.05, 0) is 67.0 Å². The molecule has 3 atom stereocenters. The first kappa shape index (κ1) is 25.2. The molecule has 34 heavy (non-hydrogen) atoms. The van der Waals surface area contributed by atoms with E-state index in [2.05, 4.69) is 23.5 Å². The first-order valence-electron chi connectivity index (χ1n) is 11.5. The second-order valence-electron chi connectivity index (χ2n) is 9.11. The second-order valence-corrected chi connectivity index (χ2v) is 9.11. The molecule has 2 aromatic carbocycles. The Morgan fingerprint density at radius 2 is 1.79 bits per heavy atom. The average Bonchev–Trinajstić information content (AvgIpc) is 2.83. The maximum absolute atomic E-state index is 12.9. The number of rotatable bonds is 10. The number of allylic oxidation sites excluding steroid dienone is 3. The fraction of sp³-hybridized carbons (Fsp3) is 0.357. The normalized spacial score (nSPS) is 18.6. The molecule has 2 unspecified atom stereocenters. The maximum Gasteiger partial charge on any atom is 0.332 e. The molecule has 6 nitrogen and oxygen atoms in total. The van der Waals surface area contributed by atoms with Gasteiger partial charge in [0.1, 0.15) is 5.76 Å². The van der Waals surface area contributed by atoms with E-state index in [0.29, 0.717) is 18.7 Å². The fourth-order valence-electron chi connectivity index (χ4n) is 3.93. The zero-order valence-corrected chi connectivity index (χ0v) is 20.2. The van der Waals surface area contributed by atoms with E-state index in [0.717, 1.165) is 16.7 Å². The van der Waals surface area contributed by atoms with Gasteiger partial charge in [-0.25, -0.2) is 4.79 Å². The highest BCUT2D eigenvalue weighted by atomic mass is 16.5. The Kier molecular flexibility index (Phi) is 8.29. The Bertz CT molecular complexity index is 1060. The summed E-state index contributed by atoms with van der Waals surface area (Å²) in [4.78, 5) is 24.3. The molecule has 0 saturated heterocycles. The number of carboxylic acids is 1. The van der Waals surface area contributed by atoms with Gasteiger partial charge in [0.15, 0.2) is 11.7 Å². The lowest BCUT2D eigenvalue weighted by Crippen LogP contribution is -2.44. The quantitative estimate of drug-likeness (QED) is 0.520. The van der Waals surface area contributed by atoms with Crippen LogP contribution in [0.5, 0.6) is 0 Å². The molecule has 0 spiro atoms. The van der Waals surface area contributed by atoms with Crippen LogP contribution < -0.4 is 5.32 Å². The summed E-state index contributed by atoms with van der Waals surface area (Å²) >= 11 is 0. The van der Waals surface area contributed by atoms with E-state index in [9.17, 15) is 14.7 Å². The monoisotopic (exact) mass is 463 g/mol. The highest BCUT2D eigenvalue weighted by molar-refractivity contribution is 5.84. The number of carboxylic acid groups (broad SMARTS) is 1. The summed E-state index contributed by atoms with van der Waals surface area (Å²) in [5, 5.41) is 12.3. The zero-order valence-electron chi connectivity index (χ0n) is 20.2. The number of amides is 1. The number of benzene rings is 2. The minimum Gasteiger partial charge on any atom is -0.479 e. The van der Waals surface area contributed by atoms with E-state index in [4.69, 9.17) is 9.47 Å². The van der Waals surface area contributed by atoms with Crippen molar-refractivity contribution in [1.29, 1.82) is 0 Å². The third kappa shape index (κ3) is 6.58. The van der Waals surface area contributed by atoms with Crippen LogP contribution in [0.2, 0.25) is 0 Å². The molecular formula is C28H33NO5. The number of carbonyl (C=O) groups excluding carboxylic acids is 1. The third-order valence-corrected chi connectivity index (χ3v) is 6.07. The van der Waals surface area contributed by atoms with Crippen LogP contribution in [0, 0.1) is 11.8 Å². The Morgan fingerprint density at radius 3 is 2.47 bits per heavy atom. The van der Waals surface area contributed by atoms with Gasteiger partial charge in [-0.2, -0.15) is 0 Å². The summed E-state index contributed by atoms with van der Waals surface area (Å²) in [6.07, 6.45) is 5.13. The Labute approximate surface area is 201 Å². The van der Waals surface area contributed by atoms with Crippen LogP contribution in [-0.4, -0.2) is 35.8 Å². The van der Waals surface area contributed by atoms with Crippen molar-refractivity contribution in [1.82, 2.24) is 5.32 Å². The molecule has 1 aliphatic rings. The molecule has 6 heteroatoms. The van der Waals surface area contributed by atoms with Crippen molar-refractivity contribution in [3.05, 3.63) is 84.1 Å². The van der Waals surface area contributed by atoms with Crippen LogP contribution >= 0.6 is 0 Å². The van der Waals surface area contributed by atoms with E-state index in [1.165, 1.54) is 7.11 Å². The summed E-state index contributed by atoms with van der Waals surface area (Å²) in [6.45, 7) is 5.85. The topological polar surface area (TPSA) is 84.9 Å². The molecule has 2 aromatic rings. The number of ether oxygens (including phenoxy) is 2. The first-order chi connectivity index (χ1) is 16.2. The molecule has 1 amide bonds. The minimum absolute atomic E-state index is 0.0689. The lowest BCUT2D eigenvalue weighted by atomic mass is 9.85.